The molecule has 7 nitrogen and oxygen atoms in total. The van der Waals surface area contributed by atoms with Crippen molar-refractivity contribution in [3.05, 3.63) is 76.3 Å². The minimum Gasteiger partial charge on any atom is -0.486 e. The van der Waals surface area contributed by atoms with Crippen molar-refractivity contribution in [3.8, 4) is 5.75 Å². The zero-order valence-corrected chi connectivity index (χ0v) is 19.0. The number of furan rings is 1. The molecule has 4 rings (SSSR count). The van der Waals surface area contributed by atoms with E-state index < -0.39 is 0 Å². The van der Waals surface area contributed by atoms with Crippen molar-refractivity contribution in [1.29, 1.82) is 0 Å². The lowest BCUT2D eigenvalue weighted by Gasteiger charge is -2.33. The van der Waals surface area contributed by atoms with E-state index in [1.54, 1.807) is 18.3 Å². The summed E-state index contributed by atoms with van der Waals surface area (Å²) in [5.41, 5.74) is 1.00. The number of benzene rings is 1. The van der Waals surface area contributed by atoms with Crippen molar-refractivity contribution >= 4 is 27.7 Å². The minimum absolute atomic E-state index is 0.257. The number of hydrogen-bond acceptors (Lipinski definition) is 6. The molecule has 1 aromatic carbocycles. The van der Waals surface area contributed by atoms with Gasteiger partial charge in [0, 0.05) is 43.4 Å². The second-order valence-corrected chi connectivity index (χ2v) is 8.42. The van der Waals surface area contributed by atoms with Gasteiger partial charge in [-0.2, -0.15) is 0 Å². The number of hydrogen-bond donors (Lipinski definition) is 1. The Labute approximate surface area is 190 Å². The first-order chi connectivity index (χ1) is 15.1. The Bertz CT molecular complexity index is 1010. The Balaban J connectivity index is 1.29. The van der Waals surface area contributed by atoms with Crippen LogP contribution in [0.5, 0.6) is 5.75 Å². The number of anilines is 1. The van der Waals surface area contributed by atoms with Crippen LogP contribution in [-0.2, 0) is 13.2 Å². The monoisotopic (exact) mass is 484 g/mol. The molecule has 0 atom stereocenters. The number of rotatable bonds is 7. The molecule has 0 aliphatic carbocycles. The van der Waals surface area contributed by atoms with Crippen molar-refractivity contribution in [2.24, 2.45) is 0 Å². The molecule has 162 valence electrons. The van der Waals surface area contributed by atoms with Gasteiger partial charge in [-0.15, -0.1) is 0 Å². The van der Waals surface area contributed by atoms with E-state index in [9.17, 15) is 4.79 Å². The van der Waals surface area contributed by atoms with Gasteiger partial charge in [-0.1, -0.05) is 15.9 Å². The van der Waals surface area contributed by atoms with Crippen LogP contribution in [0.2, 0.25) is 0 Å². The summed E-state index contributed by atoms with van der Waals surface area (Å²) < 4.78 is 12.3. The topological polar surface area (TPSA) is 70.8 Å². The molecule has 1 aliphatic rings. The maximum atomic E-state index is 12.5. The number of ether oxygens (including phenoxy) is 1. The first kappa shape index (κ1) is 21.4. The van der Waals surface area contributed by atoms with Crippen molar-refractivity contribution in [2.75, 3.05) is 38.1 Å². The molecule has 3 aromatic rings. The molecule has 1 aliphatic heterocycles. The van der Waals surface area contributed by atoms with Crippen LogP contribution in [0.1, 0.15) is 21.9 Å². The lowest BCUT2D eigenvalue weighted by molar-refractivity contribution is 0.0919. The molecule has 1 fully saturated rings. The molecule has 1 saturated heterocycles. The van der Waals surface area contributed by atoms with E-state index in [4.69, 9.17) is 9.15 Å². The molecular weight excluding hydrogens is 460 g/mol. The first-order valence-corrected chi connectivity index (χ1v) is 11.0. The molecule has 1 amide bonds. The van der Waals surface area contributed by atoms with Crippen LogP contribution in [0.3, 0.4) is 0 Å². The number of carbonyl (C=O) groups is 1. The Kier molecular flexibility index (Phi) is 6.89. The van der Waals surface area contributed by atoms with Gasteiger partial charge < -0.3 is 24.3 Å². The zero-order chi connectivity index (χ0) is 21.6. The fourth-order valence-electron chi connectivity index (χ4n) is 3.31. The van der Waals surface area contributed by atoms with Crippen molar-refractivity contribution in [3.63, 3.8) is 0 Å². The second-order valence-electron chi connectivity index (χ2n) is 7.50. The van der Waals surface area contributed by atoms with Gasteiger partial charge >= 0.3 is 0 Å². The third-order valence-electron chi connectivity index (χ3n) is 5.17. The van der Waals surface area contributed by atoms with Gasteiger partial charge in [-0.25, -0.2) is 4.98 Å². The predicted molar refractivity (Wildman–Crippen MR) is 122 cm³/mol. The van der Waals surface area contributed by atoms with Gasteiger partial charge in [0.2, 0.25) is 0 Å². The van der Waals surface area contributed by atoms with E-state index >= 15 is 0 Å². The Hall–Kier alpha value is -2.84. The van der Waals surface area contributed by atoms with E-state index in [0.717, 1.165) is 47.8 Å². The van der Waals surface area contributed by atoms with Crippen LogP contribution in [0.15, 0.2) is 63.6 Å². The summed E-state index contributed by atoms with van der Waals surface area (Å²) in [6.45, 7) is 4.62. The maximum absolute atomic E-state index is 12.5. The van der Waals surface area contributed by atoms with Crippen LogP contribution in [0.4, 0.5) is 5.82 Å². The van der Waals surface area contributed by atoms with Gasteiger partial charge in [0.15, 0.2) is 5.76 Å². The molecule has 0 radical (unpaired) electrons. The average molecular weight is 485 g/mol. The Morgan fingerprint density at radius 3 is 2.68 bits per heavy atom. The molecule has 31 heavy (non-hydrogen) atoms. The van der Waals surface area contributed by atoms with Crippen LogP contribution < -0.4 is 15.0 Å². The van der Waals surface area contributed by atoms with Gasteiger partial charge in [-0.05, 0) is 61.1 Å². The molecular formula is C23H25BrN4O3. The maximum Gasteiger partial charge on any atom is 0.287 e. The van der Waals surface area contributed by atoms with Crippen molar-refractivity contribution in [1.82, 2.24) is 15.2 Å². The minimum atomic E-state index is -0.257. The number of nitrogens with one attached hydrogen (secondary N) is 1. The smallest absolute Gasteiger partial charge is 0.287 e. The van der Waals surface area contributed by atoms with Crippen molar-refractivity contribution < 1.29 is 13.9 Å². The standard InChI is InChI=1S/C23H25BrN4O3/c1-27-10-12-28(13-11-27)22-14-17(8-9-25-22)15-26-23(29)21-7-6-20(31-21)16-30-19-4-2-18(24)3-5-19/h2-9,14H,10-13,15-16H2,1H3,(H,26,29). The number of halogens is 1. The van der Waals surface area contributed by atoms with Crippen LogP contribution in [0, 0.1) is 0 Å². The van der Waals surface area contributed by atoms with Gasteiger partial charge in [-0.3, -0.25) is 4.79 Å². The van der Waals surface area contributed by atoms with E-state index in [-0.39, 0.29) is 18.3 Å². The Morgan fingerprint density at radius 1 is 1.13 bits per heavy atom. The summed E-state index contributed by atoms with van der Waals surface area (Å²) in [6.07, 6.45) is 1.79. The van der Waals surface area contributed by atoms with Crippen molar-refractivity contribution in [2.45, 2.75) is 13.2 Å². The van der Waals surface area contributed by atoms with Crippen LogP contribution in [-0.4, -0.2) is 49.0 Å². The lowest BCUT2D eigenvalue weighted by atomic mass is 10.2. The third kappa shape index (κ3) is 5.86. The molecule has 1 N–H and O–H groups in total. The fourth-order valence-corrected chi connectivity index (χ4v) is 3.58. The van der Waals surface area contributed by atoms with Gasteiger partial charge in [0.25, 0.3) is 5.91 Å². The summed E-state index contributed by atoms with van der Waals surface area (Å²) in [7, 11) is 2.13. The number of nitrogens with zero attached hydrogens (tertiary/aromatic N) is 3. The van der Waals surface area contributed by atoms with E-state index in [1.807, 2.05) is 36.4 Å². The number of carbonyl (C=O) groups excluding carboxylic acids is 1. The van der Waals surface area contributed by atoms with E-state index in [2.05, 4.69) is 43.1 Å². The predicted octanol–water partition coefficient (Wildman–Crippen LogP) is 3.70. The average Bonchev–Trinajstić information content (AvgIpc) is 3.27. The molecule has 0 unspecified atom stereocenters. The quantitative estimate of drug-likeness (QED) is 0.551. The summed E-state index contributed by atoms with van der Waals surface area (Å²) >= 11 is 3.39. The summed E-state index contributed by atoms with van der Waals surface area (Å²) in [4.78, 5) is 21.6. The second kappa shape index (κ2) is 9.98. The fraction of sp³-hybridized carbons (Fsp3) is 0.304. The molecule has 2 aromatic heterocycles. The molecule has 0 bridgehead atoms. The normalized spacial score (nSPS) is 14.5. The highest BCUT2D eigenvalue weighted by molar-refractivity contribution is 9.10. The first-order valence-electron chi connectivity index (χ1n) is 10.2. The SMILES string of the molecule is CN1CCN(c2cc(CNC(=O)c3ccc(COc4ccc(Br)cc4)o3)ccn2)CC1. The lowest BCUT2D eigenvalue weighted by Crippen LogP contribution is -2.44. The third-order valence-corrected chi connectivity index (χ3v) is 5.70. The number of pyridine rings is 1. The highest BCUT2D eigenvalue weighted by Gasteiger charge is 2.16. The molecule has 0 saturated carbocycles. The summed E-state index contributed by atoms with van der Waals surface area (Å²) in [5.74, 6) is 2.29. The molecule has 0 spiro atoms. The largest absolute Gasteiger partial charge is 0.486 e. The number of likely N-dealkylation sites (N-methyl/N-ethyl adjacent to an activating group) is 1. The van der Waals surface area contributed by atoms with Crippen LogP contribution in [0.25, 0.3) is 0 Å². The summed E-state index contributed by atoms with van der Waals surface area (Å²) in [5, 5.41) is 2.91. The number of aromatic nitrogens is 1. The Morgan fingerprint density at radius 2 is 1.90 bits per heavy atom. The van der Waals surface area contributed by atoms with Crippen LogP contribution >= 0.6 is 15.9 Å². The van der Waals surface area contributed by atoms with Gasteiger partial charge in [0.1, 0.15) is 23.9 Å². The number of piperazine rings is 1. The molecule has 8 heteroatoms. The molecule has 3 heterocycles. The van der Waals surface area contributed by atoms with E-state index in [1.165, 1.54) is 0 Å². The van der Waals surface area contributed by atoms with Gasteiger partial charge in [0.05, 0.1) is 0 Å². The van der Waals surface area contributed by atoms with E-state index in [0.29, 0.717) is 12.3 Å². The highest BCUT2D eigenvalue weighted by Crippen LogP contribution is 2.18. The zero-order valence-electron chi connectivity index (χ0n) is 17.4. The number of amides is 1. The highest BCUT2D eigenvalue weighted by atomic mass is 79.9. The summed E-state index contributed by atoms with van der Waals surface area (Å²) in [6, 6.07) is 14.9.